The molecule has 0 radical (unpaired) electrons. The van der Waals surface area contributed by atoms with Crippen LogP contribution in [-0.2, 0) is 0 Å². The minimum atomic E-state index is 0.490. The van der Waals surface area contributed by atoms with Crippen molar-refractivity contribution in [1.82, 2.24) is 15.0 Å². The van der Waals surface area contributed by atoms with Gasteiger partial charge in [-0.25, -0.2) is 9.97 Å². The summed E-state index contributed by atoms with van der Waals surface area (Å²) in [5.41, 5.74) is 2.24. The molecule has 1 aliphatic rings. The third-order valence-corrected chi connectivity index (χ3v) is 5.21. The number of hydrogen-bond acceptors (Lipinski definition) is 6. The van der Waals surface area contributed by atoms with Crippen molar-refractivity contribution in [2.75, 3.05) is 37.0 Å². The Hall–Kier alpha value is -2.89. The number of fused-ring (bicyclic) bond motifs is 1. The number of ether oxygens (including phenoxy) is 1. The maximum Gasteiger partial charge on any atom is 0.131 e. The molecule has 0 amide bonds. The maximum absolute atomic E-state index is 5.40. The standard InChI is InChI=1S/C20H23N5O/c1-24(20-6-9-21-14-23-20)15-7-11-25(12-8-15)19-5-10-22-18-4-3-16(26-2)13-17(18)19/h3-6,9-10,13-15H,7-8,11-12H2,1-2H3. The molecular formula is C20H23N5O. The zero-order valence-electron chi connectivity index (χ0n) is 15.2. The van der Waals surface area contributed by atoms with Gasteiger partial charge in [-0.05, 0) is 43.2 Å². The first-order chi connectivity index (χ1) is 12.8. The number of anilines is 2. The van der Waals surface area contributed by atoms with Crippen LogP contribution in [0.2, 0.25) is 0 Å². The van der Waals surface area contributed by atoms with Crippen LogP contribution in [0.25, 0.3) is 10.9 Å². The third kappa shape index (κ3) is 3.14. The average Bonchev–Trinajstić information content (AvgIpc) is 2.73. The zero-order valence-corrected chi connectivity index (χ0v) is 15.2. The van der Waals surface area contributed by atoms with Crippen LogP contribution in [0.15, 0.2) is 49.1 Å². The zero-order chi connectivity index (χ0) is 17.9. The molecule has 0 bridgehead atoms. The molecule has 1 aromatic carbocycles. The predicted molar refractivity (Wildman–Crippen MR) is 104 cm³/mol. The summed E-state index contributed by atoms with van der Waals surface area (Å²) in [4.78, 5) is 17.6. The Morgan fingerprint density at radius 3 is 2.65 bits per heavy atom. The Bertz CT molecular complexity index is 878. The van der Waals surface area contributed by atoms with Crippen molar-refractivity contribution < 1.29 is 4.74 Å². The molecule has 6 nitrogen and oxygen atoms in total. The number of rotatable bonds is 4. The molecule has 1 fully saturated rings. The fourth-order valence-electron chi connectivity index (χ4n) is 3.69. The first-order valence-corrected chi connectivity index (χ1v) is 8.93. The summed E-state index contributed by atoms with van der Waals surface area (Å²) in [5.74, 6) is 1.85. The Morgan fingerprint density at radius 2 is 1.92 bits per heavy atom. The summed E-state index contributed by atoms with van der Waals surface area (Å²) in [6, 6.07) is 10.6. The molecule has 134 valence electrons. The van der Waals surface area contributed by atoms with E-state index in [-0.39, 0.29) is 0 Å². The summed E-state index contributed by atoms with van der Waals surface area (Å²) < 4.78 is 5.40. The highest BCUT2D eigenvalue weighted by atomic mass is 16.5. The minimum Gasteiger partial charge on any atom is -0.497 e. The van der Waals surface area contributed by atoms with Crippen molar-refractivity contribution in [2.45, 2.75) is 18.9 Å². The lowest BCUT2D eigenvalue weighted by molar-refractivity contribution is 0.415. The van der Waals surface area contributed by atoms with Gasteiger partial charge in [0.25, 0.3) is 0 Å². The molecule has 0 saturated carbocycles. The average molecular weight is 349 g/mol. The van der Waals surface area contributed by atoms with Crippen molar-refractivity contribution in [1.29, 1.82) is 0 Å². The lowest BCUT2D eigenvalue weighted by atomic mass is 10.0. The van der Waals surface area contributed by atoms with Gasteiger partial charge in [-0.3, -0.25) is 4.98 Å². The Labute approximate surface area is 153 Å². The fraction of sp³-hybridized carbons (Fsp3) is 0.350. The highest BCUT2D eigenvalue weighted by molar-refractivity contribution is 5.92. The van der Waals surface area contributed by atoms with E-state index in [1.807, 2.05) is 24.4 Å². The molecule has 2 aromatic heterocycles. The number of nitrogens with zero attached hydrogens (tertiary/aromatic N) is 5. The van der Waals surface area contributed by atoms with Crippen molar-refractivity contribution in [3.63, 3.8) is 0 Å². The van der Waals surface area contributed by atoms with Gasteiger partial charge in [-0.15, -0.1) is 0 Å². The second-order valence-corrected chi connectivity index (χ2v) is 6.61. The summed E-state index contributed by atoms with van der Waals surface area (Å²) in [7, 11) is 3.82. The van der Waals surface area contributed by atoms with E-state index in [0.717, 1.165) is 48.4 Å². The number of aromatic nitrogens is 3. The quantitative estimate of drug-likeness (QED) is 0.721. The van der Waals surface area contributed by atoms with E-state index in [1.165, 1.54) is 5.69 Å². The third-order valence-electron chi connectivity index (χ3n) is 5.21. The van der Waals surface area contributed by atoms with Crippen LogP contribution in [-0.4, -0.2) is 48.2 Å². The first-order valence-electron chi connectivity index (χ1n) is 8.93. The van der Waals surface area contributed by atoms with E-state index in [4.69, 9.17) is 4.74 Å². The SMILES string of the molecule is COc1ccc2nccc(N3CCC(N(C)c4ccncn4)CC3)c2c1. The molecule has 1 saturated heterocycles. The van der Waals surface area contributed by atoms with Crippen molar-refractivity contribution in [2.24, 2.45) is 0 Å². The van der Waals surface area contributed by atoms with Crippen molar-refractivity contribution in [3.05, 3.63) is 49.1 Å². The molecule has 0 aliphatic carbocycles. The molecule has 0 spiro atoms. The fourth-order valence-corrected chi connectivity index (χ4v) is 3.69. The number of benzene rings is 1. The van der Waals surface area contributed by atoms with Crippen molar-refractivity contribution in [3.8, 4) is 5.75 Å². The van der Waals surface area contributed by atoms with Crippen LogP contribution in [0.4, 0.5) is 11.5 Å². The monoisotopic (exact) mass is 349 g/mol. The summed E-state index contributed by atoms with van der Waals surface area (Å²) in [6.45, 7) is 2.02. The van der Waals surface area contributed by atoms with Crippen LogP contribution in [0.1, 0.15) is 12.8 Å². The van der Waals surface area contributed by atoms with Gasteiger partial charge in [-0.1, -0.05) is 0 Å². The first kappa shape index (κ1) is 16.6. The topological polar surface area (TPSA) is 54.4 Å². The van der Waals surface area contributed by atoms with Gasteiger partial charge >= 0.3 is 0 Å². The van der Waals surface area contributed by atoms with Gasteiger partial charge in [0.1, 0.15) is 17.9 Å². The van der Waals surface area contributed by atoms with Crippen molar-refractivity contribution >= 4 is 22.4 Å². The largest absolute Gasteiger partial charge is 0.497 e. The molecule has 0 N–H and O–H groups in total. The smallest absolute Gasteiger partial charge is 0.131 e. The molecule has 3 heterocycles. The lowest BCUT2D eigenvalue weighted by Crippen LogP contribution is -2.43. The van der Waals surface area contributed by atoms with E-state index in [2.05, 4.69) is 43.9 Å². The number of pyridine rings is 1. The van der Waals surface area contributed by atoms with E-state index >= 15 is 0 Å². The molecule has 1 aliphatic heterocycles. The Balaban J connectivity index is 1.52. The van der Waals surface area contributed by atoms with E-state index in [1.54, 1.807) is 19.6 Å². The van der Waals surface area contributed by atoms with E-state index in [0.29, 0.717) is 6.04 Å². The number of piperidine rings is 1. The number of hydrogen-bond donors (Lipinski definition) is 0. The minimum absolute atomic E-state index is 0.490. The van der Waals surface area contributed by atoms with Crippen LogP contribution in [0.5, 0.6) is 5.75 Å². The summed E-state index contributed by atoms with van der Waals surface area (Å²) >= 11 is 0. The molecule has 6 heteroatoms. The van der Waals surface area contributed by atoms with Gasteiger partial charge in [0.05, 0.1) is 12.6 Å². The van der Waals surface area contributed by atoms with E-state index in [9.17, 15) is 0 Å². The van der Waals surface area contributed by atoms with Gasteiger partial charge < -0.3 is 14.5 Å². The van der Waals surface area contributed by atoms with Gasteiger partial charge in [0.15, 0.2) is 0 Å². The normalized spacial score (nSPS) is 15.2. The highest BCUT2D eigenvalue weighted by Gasteiger charge is 2.24. The lowest BCUT2D eigenvalue weighted by Gasteiger charge is -2.38. The Kier molecular flexibility index (Phi) is 4.56. The van der Waals surface area contributed by atoms with Crippen LogP contribution in [0, 0.1) is 0 Å². The van der Waals surface area contributed by atoms with E-state index < -0.39 is 0 Å². The molecular weight excluding hydrogens is 326 g/mol. The molecule has 4 rings (SSSR count). The predicted octanol–water partition coefficient (Wildman–Crippen LogP) is 3.14. The summed E-state index contributed by atoms with van der Waals surface area (Å²) in [6.07, 6.45) is 7.48. The molecule has 0 unspecified atom stereocenters. The Morgan fingerprint density at radius 1 is 1.08 bits per heavy atom. The second-order valence-electron chi connectivity index (χ2n) is 6.61. The molecule has 26 heavy (non-hydrogen) atoms. The van der Waals surface area contributed by atoms with Crippen LogP contribution in [0.3, 0.4) is 0 Å². The number of methoxy groups -OCH3 is 1. The summed E-state index contributed by atoms with van der Waals surface area (Å²) in [5, 5.41) is 1.15. The van der Waals surface area contributed by atoms with Gasteiger partial charge in [-0.2, -0.15) is 0 Å². The van der Waals surface area contributed by atoms with Crippen LogP contribution < -0.4 is 14.5 Å². The second kappa shape index (κ2) is 7.15. The van der Waals surface area contributed by atoms with Gasteiger partial charge in [0, 0.05) is 49.6 Å². The van der Waals surface area contributed by atoms with Crippen LogP contribution >= 0.6 is 0 Å². The molecule has 0 atom stereocenters. The molecule has 3 aromatic rings. The van der Waals surface area contributed by atoms with Gasteiger partial charge in [0.2, 0.25) is 0 Å². The maximum atomic E-state index is 5.40. The highest BCUT2D eigenvalue weighted by Crippen LogP contribution is 2.31.